The summed E-state index contributed by atoms with van der Waals surface area (Å²) in [4.78, 5) is 0. The van der Waals surface area contributed by atoms with E-state index >= 15 is 0 Å². The van der Waals surface area contributed by atoms with Gasteiger partial charge in [0.1, 0.15) is 0 Å². The van der Waals surface area contributed by atoms with Gasteiger partial charge in [0.25, 0.3) is 0 Å². The molecule has 0 bridgehead atoms. The van der Waals surface area contributed by atoms with Gasteiger partial charge in [-0.3, -0.25) is 0 Å². The van der Waals surface area contributed by atoms with Crippen LogP contribution >= 0.6 is 0 Å². The number of terminal acetylenes is 1. The largest absolute Gasteiger partial charge is 0.547 e. The van der Waals surface area contributed by atoms with Crippen molar-refractivity contribution in [3.63, 3.8) is 0 Å². The Morgan fingerprint density at radius 3 is 2.62 bits per heavy atom. The molecule has 0 amide bonds. The molecular formula is C14H24OSi. The van der Waals surface area contributed by atoms with Gasteiger partial charge in [0.2, 0.25) is 8.32 Å². The zero-order chi connectivity index (χ0) is 12.4. The molecule has 1 atom stereocenters. The van der Waals surface area contributed by atoms with E-state index in [0.717, 1.165) is 19.3 Å². The molecule has 0 aromatic heterocycles. The van der Waals surface area contributed by atoms with Crippen LogP contribution in [-0.4, -0.2) is 8.32 Å². The van der Waals surface area contributed by atoms with E-state index in [1.807, 2.05) is 0 Å². The molecule has 1 aliphatic carbocycles. The molecule has 0 spiro atoms. The maximum Gasteiger partial charge on any atom is 0.250 e. The van der Waals surface area contributed by atoms with Crippen molar-refractivity contribution in [1.82, 2.24) is 0 Å². The average Bonchev–Trinajstić information content (AvgIpc) is 2.50. The summed E-state index contributed by atoms with van der Waals surface area (Å²) in [7, 11) is -1.64. The summed E-state index contributed by atoms with van der Waals surface area (Å²) in [6.07, 6.45) is 10.7. The van der Waals surface area contributed by atoms with Crippen LogP contribution < -0.4 is 0 Å². The van der Waals surface area contributed by atoms with Crippen LogP contribution in [0.3, 0.4) is 0 Å². The highest BCUT2D eigenvalue weighted by Gasteiger charge is 2.39. The highest BCUT2D eigenvalue weighted by atomic mass is 28.4. The van der Waals surface area contributed by atoms with E-state index in [2.05, 4.69) is 45.9 Å². The number of allylic oxidation sites excluding steroid dienone is 2. The minimum Gasteiger partial charge on any atom is -0.547 e. The summed E-state index contributed by atoms with van der Waals surface area (Å²) in [5, 5.41) is 0.276. The molecule has 0 saturated carbocycles. The van der Waals surface area contributed by atoms with Crippen molar-refractivity contribution < 1.29 is 4.43 Å². The molecule has 0 radical (unpaired) electrons. The van der Waals surface area contributed by atoms with Crippen LogP contribution in [0.1, 0.15) is 40.0 Å². The van der Waals surface area contributed by atoms with Crippen LogP contribution in [0.25, 0.3) is 0 Å². The van der Waals surface area contributed by atoms with Gasteiger partial charge in [-0.15, -0.1) is 12.3 Å². The van der Waals surface area contributed by atoms with Crippen molar-refractivity contribution in [2.45, 2.75) is 58.2 Å². The first-order valence-corrected chi connectivity index (χ1v) is 9.00. The highest BCUT2D eigenvalue weighted by Crippen LogP contribution is 2.40. The van der Waals surface area contributed by atoms with Gasteiger partial charge in [-0.25, -0.2) is 0 Å². The van der Waals surface area contributed by atoms with Gasteiger partial charge in [0.15, 0.2) is 0 Å². The van der Waals surface area contributed by atoms with E-state index in [0.29, 0.717) is 5.92 Å². The zero-order valence-corrected chi connectivity index (χ0v) is 12.3. The molecule has 1 nitrogen and oxygen atoms in total. The first-order chi connectivity index (χ1) is 7.26. The summed E-state index contributed by atoms with van der Waals surface area (Å²) >= 11 is 0. The van der Waals surface area contributed by atoms with Crippen LogP contribution in [0.15, 0.2) is 11.8 Å². The van der Waals surface area contributed by atoms with Crippen molar-refractivity contribution in [3.8, 4) is 12.3 Å². The lowest BCUT2D eigenvalue weighted by Crippen LogP contribution is -2.40. The molecule has 0 fully saturated rings. The second-order valence-corrected chi connectivity index (χ2v) is 10.9. The van der Waals surface area contributed by atoms with E-state index in [9.17, 15) is 0 Å². The maximum absolute atomic E-state index is 6.27. The molecule has 1 aliphatic rings. The molecule has 0 N–H and O–H groups in total. The molecule has 0 aromatic rings. The van der Waals surface area contributed by atoms with Crippen molar-refractivity contribution in [1.29, 1.82) is 0 Å². The predicted molar refractivity (Wildman–Crippen MR) is 72.5 cm³/mol. The topological polar surface area (TPSA) is 9.23 Å². The maximum atomic E-state index is 6.27. The third kappa shape index (κ3) is 3.15. The van der Waals surface area contributed by atoms with Gasteiger partial charge in [0, 0.05) is 12.8 Å². The summed E-state index contributed by atoms with van der Waals surface area (Å²) < 4.78 is 6.27. The van der Waals surface area contributed by atoms with Crippen LogP contribution in [0.2, 0.25) is 18.1 Å². The van der Waals surface area contributed by atoms with E-state index in [1.165, 1.54) is 5.76 Å². The van der Waals surface area contributed by atoms with E-state index < -0.39 is 8.32 Å². The Kier molecular flexibility index (Phi) is 3.91. The zero-order valence-electron chi connectivity index (χ0n) is 11.3. The molecule has 0 saturated heterocycles. The van der Waals surface area contributed by atoms with Crippen molar-refractivity contribution >= 4 is 8.32 Å². The van der Waals surface area contributed by atoms with Crippen molar-refractivity contribution in [2.24, 2.45) is 5.92 Å². The Bertz CT molecular complexity index is 315. The van der Waals surface area contributed by atoms with Gasteiger partial charge < -0.3 is 4.43 Å². The Hall–Kier alpha value is -0.683. The SMILES string of the molecule is C#CCC1C=C(O[Si](C)(C)C(C)(C)C)CC1. The van der Waals surface area contributed by atoms with Crippen LogP contribution in [0.5, 0.6) is 0 Å². The van der Waals surface area contributed by atoms with Crippen LogP contribution in [0.4, 0.5) is 0 Å². The molecule has 2 heteroatoms. The first-order valence-electron chi connectivity index (χ1n) is 6.09. The molecule has 1 unspecified atom stereocenters. The monoisotopic (exact) mass is 236 g/mol. The smallest absolute Gasteiger partial charge is 0.250 e. The third-order valence-corrected chi connectivity index (χ3v) is 8.14. The molecule has 90 valence electrons. The predicted octanol–water partition coefficient (Wildman–Crippen LogP) is 4.33. The quantitative estimate of drug-likeness (QED) is 0.523. The minimum atomic E-state index is -1.64. The number of rotatable bonds is 3. The Labute approximate surface area is 101 Å². The van der Waals surface area contributed by atoms with Gasteiger partial charge in [0.05, 0.1) is 5.76 Å². The van der Waals surface area contributed by atoms with E-state index in [1.54, 1.807) is 0 Å². The van der Waals surface area contributed by atoms with Gasteiger partial charge in [-0.1, -0.05) is 20.8 Å². The number of hydrogen-bond donors (Lipinski definition) is 0. The molecule has 0 aliphatic heterocycles. The third-order valence-electron chi connectivity index (χ3n) is 3.76. The second-order valence-electron chi connectivity index (χ2n) is 6.20. The van der Waals surface area contributed by atoms with Crippen molar-refractivity contribution in [2.75, 3.05) is 0 Å². The Morgan fingerprint density at radius 1 is 1.50 bits per heavy atom. The average molecular weight is 236 g/mol. The molecule has 1 rings (SSSR count). The second kappa shape index (κ2) is 4.67. The lowest BCUT2D eigenvalue weighted by molar-refractivity contribution is 0.373. The van der Waals surface area contributed by atoms with Crippen LogP contribution in [-0.2, 0) is 4.43 Å². The number of hydrogen-bond acceptors (Lipinski definition) is 1. The van der Waals surface area contributed by atoms with E-state index in [4.69, 9.17) is 10.8 Å². The summed E-state index contributed by atoms with van der Waals surface area (Å²) in [6.45, 7) is 11.4. The molecule has 0 heterocycles. The van der Waals surface area contributed by atoms with Gasteiger partial charge in [-0.2, -0.15) is 0 Å². The fourth-order valence-electron chi connectivity index (χ4n) is 1.64. The Morgan fingerprint density at radius 2 is 2.12 bits per heavy atom. The molecule has 16 heavy (non-hydrogen) atoms. The normalized spacial score (nSPS) is 21.5. The first kappa shape index (κ1) is 13.4. The Balaban J connectivity index is 2.63. The summed E-state index contributed by atoms with van der Waals surface area (Å²) in [6, 6.07) is 0. The summed E-state index contributed by atoms with van der Waals surface area (Å²) in [5.74, 6) is 4.47. The van der Waals surface area contributed by atoms with Crippen LogP contribution in [0, 0.1) is 18.3 Å². The van der Waals surface area contributed by atoms with E-state index in [-0.39, 0.29) is 5.04 Å². The summed E-state index contributed by atoms with van der Waals surface area (Å²) in [5.41, 5.74) is 0. The lowest BCUT2D eigenvalue weighted by atomic mass is 10.1. The van der Waals surface area contributed by atoms with Gasteiger partial charge in [-0.05, 0) is 36.5 Å². The lowest BCUT2D eigenvalue weighted by Gasteiger charge is -2.36. The molecule has 0 aromatic carbocycles. The molecular weight excluding hydrogens is 212 g/mol. The minimum absolute atomic E-state index is 0.276. The fourth-order valence-corrected chi connectivity index (χ4v) is 2.77. The highest BCUT2D eigenvalue weighted by molar-refractivity contribution is 6.74. The van der Waals surface area contributed by atoms with Gasteiger partial charge >= 0.3 is 0 Å². The fraction of sp³-hybridized carbons (Fsp3) is 0.714. The van der Waals surface area contributed by atoms with Crippen molar-refractivity contribution in [3.05, 3.63) is 11.8 Å². The standard InChI is InChI=1S/C14H24OSi/c1-7-8-12-9-10-13(11-12)15-16(5,6)14(2,3)4/h1,11-12H,8-10H2,2-6H3.